The average Bonchev–Trinajstić information content (AvgIpc) is 2.41. The van der Waals surface area contributed by atoms with Crippen LogP contribution in [0.15, 0.2) is 94.8 Å². The first kappa shape index (κ1) is 68.1. The van der Waals surface area contributed by atoms with Crippen molar-refractivity contribution >= 4 is 35.1 Å². The molecule has 0 amide bonds. The average molecular weight is 1210 g/mol. The van der Waals surface area contributed by atoms with Crippen molar-refractivity contribution in [1.82, 2.24) is 19.6 Å². The van der Waals surface area contributed by atoms with E-state index in [1.54, 1.807) is 13.8 Å². The summed E-state index contributed by atoms with van der Waals surface area (Å²) in [5.74, 6) is -28.7. The number of rotatable bonds is 26. The van der Waals surface area contributed by atoms with Crippen LogP contribution in [0.25, 0.3) is 0 Å². The van der Waals surface area contributed by atoms with Crippen molar-refractivity contribution in [2.45, 2.75) is 130 Å². The molecule has 2 aromatic heterocycles. The van der Waals surface area contributed by atoms with Crippen molar-refractivity contribution in [3.8, 4) is 11.5 Å². The molecule has 0 aliphatic rings. The highest BCUT2D eigenvalue weighted by Crippen LogP contribution is 2.31. The van der Waals surface area contributed by atoms with Crippen molar-refractivity contribution in [1.29, 1.82) is 0 Å². The molecule has 0 spiro atoms. The van der Waals surface area contributed by atoms with Crippen molar-refractivity contribution in [3.05, 3.63) is 186 Å². The molecule has 6 aromatic rings. The van der Waals surface area contributed by atoms with Gasteiger partial charge < -0.3 is 19.7 Å². The minimum Gasteiger partial charge on any atom is -0.481 e. The Bertz CT molecular complexity index is 3340. The number of Topliss-reactive ketones (excluding diaryl/α,β-unsaturated/α-hetero) is 4. The number of halogens is 8. The third kappa shape index (κ3) is 17.7. The van der Waals surface area contributed by atoms with Gasteiger partial charge in [0.25, 0.3) is 11.1 Å². The molecular formula is C62H64F8N4O12. The monoisotopic (exact) mass is 1210 g/mol. The summed E-state index contributed by atoms with van der Waals surface area (Å²) >= 11 is 0. The van der Waals surface area contributed by atoms with E-state index in [0.717, 1.165) is 22.3 Å². The maximum atomic E-state index is 13.9. The number of carbonyl (C=O) groups is 6. The number of ether oxygens (including phenoxy) is 2. The topological polar surface area (TPSA) is 231 Å². The Morgan fingerprint density at radius 3 is 1.10 bits per heavy atom. The van der Waals surface area contributed by atoms with Gasteiger partial charge in [-0.05, 0) is 58.1 Å². The van der Waals surface area contributed by atoms with Crippen LogP contribution in [-0.4, -0.2) is 78.1 Å². The van der Waals surface area contributed by atoms with E-state index >= 15 is 0 Å². The fourth-order valence-corrected chi connectivity index (χ4v) is 9.22. The second-order valence-electron chi connectivity index (χ2n) is 22.4. The molecule has 24 heteroatoms. The number of carbonyl (C=O) groups excluding carboxylic acids is 4. The van der Waals surface area contributed by atoms with Gasteiger partial charge in [-0.2, -0.15) is 27.8 Å². The predicted molar refractivity (Wildman–Crippen MR) is 296 cm³/mol. The molecule has 0 fully saturated rings. The highest BCUT2D eigenvalue weighted by molar-refractivity contribution is 5.94. The molecule has 0 saturated heterocycles. The summed E-state index contributed by atoms with van der Waals surface area (Å²) in [4.78, 5) is 102. The molecule has 4 atom stereocenters. The Morgan fingerprint density at radius 2 is 0.814 bits per heavy atom. The predicted octanol–water partition coefficient (Wildman–Crippen LogP) is 10.7. The van der Waals surface area contributed by atoms with E-state index in [4.69, 9.17) is 0 Å². The molecule has 86 heavy (non-hydrogen) atoms. The molecule has 2 N–H and O–H groups in total. The molecular weight excluding hydrogens is 1140 g/mol. The molecule has 0 aliphatic heterocycles. The zero-order chi connectivity index (χ0) is 64.1. The number of aliphatic carboxylic acids is 2. The van der Waals surface area contributed by atoms with Crippen LogP contribution in [0.5, 0.6) is 11.5 Å². The quantitative estimate of drug-likeness (QED) is 0.0380. The Hall–Kier alpha value is -8.70. The highest BCUT2D eigenvalue weighted by Gasteiger charge is 2.34. The van der Waals surface area contributed by atoms with Gasteiger partial charge in [-0.15, -0.1) is 0 Å². The van der Waals surface area contributed by atoms with Gasteiger partial charge >= 0.3 is 11.9 Å². The van der Waals surface area contributed by atoms with Gasteiger partial charge in [-0.3, -0.25) is 38.4 Å². The molecule has 6 rings (SSSR count). The number of hydrogen-bond acceptors (Lipinski definition) is 12. The smallest absolute Gasteiger partial charge is 0.304 e. The zero-order valence-electron chi connectivity index (χ0n) is 48.3. The SMILES string of the molecule is CC[C@@H](C(=O)C[C@@H](CC(=O)O)C(=O)COc1c(F)c(F)cc(F)c1F)c1ccnn(Cc2cccc(C(C)(C)C)c2)c1=O.CC[C@H](C(=O)C[C@@H](CC(=O)O)C(=O)COc1c(F)c(F)cc(F)c1F)c1ccnn(Cc2cccc(C(C)(C)C)c2)c1=O. The lowest BCUT2D eigenvalue weighted by atomic mass is 9.85. The van der Waals surface area contributed by atoms with Crippen LogP contribution >= 0.6 is 0 Å². The number of carboxylic acids is 2. The number of aromatic nitrogens is 4. The Kier molecular flexibility index (Phi) is 23.3. The van der Waals surface area contributed by atoms with E-state index in [-0.39, 0.29) is 60.0 Å². The van der Waals surface area contributed by atoms with Crippen LogP contribution in [0.1, 0.15) is 139 Å². The summed E-state index contributed by atoms with van der Waals surface area (Å²) in [7, 11) is 0. The molecule has 4 aromatic carbocycles. The van der Waals surface area contributed by atoms with Crippen LogP contribution in [-0.2, 0) is 52.7 Å². The minimum atomic E-state index is -1.87. The lowest BCUT2D eigenvalue weighted by Crippen LogP contribution is -2.32. The molecule has 0 bridgehead atoms. The zero-order valence-corrected chi connectivity index (χ0v) is 48.3. The second-order valence-corrected chi connectivity index (χ2v) is 22.4. The van der Waals surface area contributed by atoms with Crippen LogP contribution in [0.4, 0.5) is 35.1 Å². The molecule has 0 unspecified atom stereocenters. The van der Waals surface area contributed by atoms with Crippen molar-refractivity contribution in [2.75, 3.05) is 13.2 Å². The summed E-state index contributed by atoms with van der Waals surface area (Å²) < 4.78 is 121. The van der Waals surface area contributed by atoms with E-state index in [9.17, 15) is 83.7 Å². The maximum Gasteiger partial charge on any atom is 0.304 e. The van der Waals surface area contributed by atoms with E-state index in [1.807, 2.05) is 48.5 Å². The first-order valence-electron chi connectivity index (χ1n) is 27.0. The summed E-state index contributed by atoms with van der Waals surface area (Å²) in [6.07, 6.45) is 0.0807. The minimum absolute atomic E-state index is 0.0355. The van der Waals surface area contributed by atoms with Crippen LogP contribution < -0.4 is 20.6 Å². The fourth-order valence-electron chi connectivity index (χ4n) is 9.22. The standard InChI is InChI=1S/2C31H32F4N2O6/c2*1-5-20(21-9-10-36-37(30(21)42)15-17-7-6-8-19(11-17)31(2,3)4)24(38)12-18(13-26(40)41)25(39)16-43-29-27(34)22(32)14-23(33)28(29)35/h2*6-11,14,18,20H,5,12-13,15-16H2,1-4H3,(H,40,41)/t18-,20+;18-,20-/m00/s1. The summed E-state index contributed by atoms with van der Waals surface area (Å²) in [6, 6.07) is 18.0. The van der Waals surface area contributed by atoms with Gasteiger partial charge in [0.2, 0.25) is 23.3 Å². The summed E-state index contributed by atoms with van der Waals surface area (Å²) in [5.41, 5.74) is 2.64. The van der Waals surface area contributed by atoms with Gasteiger partial charge in [-0.25, -0.2) is 26.9 Å². The number of ketones is 4. The van der Waals surface area contributed by atoms with E-state index in [0.29, 0.717) is 0 Å². The van der Waals surface area contributed by atoms with Gasteiger partial charge in [0.05, 0.1) is 25.9 Å². The van der Waals surface area contributed by atoms with E-state index in [2.05, 4.69) is 61.2 Å². The van der Waals surface area contributed by atoms with Crippen molar-refractivity contribution < 1.29 is 83.6 Å². The van der Waals surface area contributed by atoms with Crippen LogP contribution in [0, 0.1) is 58.4 Å². The molecule has 0 aliphatic carbocycles. The molecule has 460 valence electrons. The van der Waals surface area contributed by atoms with Gasteiger partial charge in [0, 0.05) is 72.2 Å². The molecule has 2 heterocycles. The number of benzene rings is 4. The number of nitrogens with zero attached hydrogens (tertiary/aromatic N) is 4. The first-order chi connectivity index (χ1) is 40.3. The lowest BCUT2D eigenvalue weighted by Gasteiger charge is -2.20. The summed E-state index contributed by atoms with van der Waals surface area (Å²) in [5, 5.41) is 26.9. The second kappa shape index (κ2) is 29.4. The van der Waals surface area contributed by atoms with Crippen molar-refractivity contribution in [2.24, 2.45) is 11.8 Å². The number of hydrogen-bond donors (Lipinski definition) is 2. The first-order valence-corrected chi connectivity index (χ1v) is 27.0. The third-order valence-electron chi connectivity index (χ3n) is 14.0. The Morgan fingerprint density at radius 1 is 0.488 bits per heavy atom. The maximum absolute atomic E-state index is 13.9. The van der Waals surface area contributed by atoms with Crippen LogP contribution in [0.2, 0.25) is 0 Å². The van der Waals surface area contributed by atoms with Crippen LogP contribution in [0.3, 0.4) is 0 Å². The summed E-state index contributed by atoms with van der Waals surface area (Å²) in [6.45, 7) is 13.6. The third-order valence-corrected chi connectivity index (χ3v) is 14.0. The van der Waals surface area contributed by atoms with Crippen molar-refractivity contribution in [3.63, 3.8) is 0 Å². The number of carboxylic acid groups (broad SMARTS) is 2. The normalized spacial score (nSPS) is 12.9. The Labute approximate surface area is 488 Å². The van der Waals surface area contributed by atoms with Gasteiger partial charge in [0.1, 0.15) is 24.8 Å². The largest absolute Gasteiger partial charge is 0.481 e. The van der Waals surface area contributed by atoms with Gasteiger partial charge in [-0.1, -0.05) is 104 Å². The molecule has 0 saturated carbocycles. The van der Waals surface area contributed by atoms with E-state index in [1.165, 1.54) is 33.9 Å². The fraction of sp³-hybridized carbons (Fsp3) is 0.387. The highest BCUT2D eigenvalue weighted by atomic mass is 19.2. The van der Waals surface area contributed by atoms with Gasteiger partial charge in [0.15, 0.2) is 46.3 Å². The lowest BCUT2D eigenvalue weighted by molar-refractivity contribution is -0.142. The van der Waals surface area contributed by atoms with E-state index < -0.39 is 167 Å². The molecule has 0 radical (unpaired) electrons. The molecule has 16 nitrogen and oxygen atoms in total. The Balaban J connectivity index is 0.000000314.